The van der Waals surface area contributed by atoms with Gasteiger partial charge in [-0.2, -0.15) is 5.10 Å². The van der Waals surface area contributed by atoms with Gasteiger partial charge in [-0.3, -0.25) is 9.48 Å². The first-order chi connectivity index (χ1) is 13.6. The Morgan fingerprint density at radius 3 is 3.07 bits per heavy atom. The van der Waals surface area contributed by atoms with Crippen molar-refractivity contribution < 1.29 is 14.3 Å². The Hall–Kier alpha value is -3.03. The van der Waals surface area contributed by atoms with Crippen molar-refractivity contribution >= 4 is 23.3 Å². The second-order valence-electron chi connectivity index (χ2n) is 7.25. The maximum atomic E-state index is 12.9. The predicted molar refractivity (Wildman–Crippen MR) is 106 cm³/mol. The molecule has 3 amide bonds. The van der Waals surface area contributed by atoms with E-state index in [1.54, 1.807) is 36.3 Å². The fraction of sp³-hybridized carbons (Fsp3) is 0.450. The number of hydrogen-bond acceptors (Lipinski definition) is 4. The number of carbonyl (C=O) groups excluding carboxylic acids is 2. The number of likely N-dealkylation sites (N-methyl/N-ethyl adjacent to an activating group) is 1. The molecule has 0 radical (unpaired) electrons. The summed E-state index contributed by atoms with van der Waals surface area (Å²) in [4.78, 5) is 28.1. The van der Waals surface area contributed by atoms with Gasteiger partial charge >= 0.3 is 6.03 Å². The molecule has 8 heteroatoms. The third kappa shape index (κ3) is 3.81. The van der Waals surface area contributed by atoms with Gasteiger partial charge in [-0.1, -0.05) is 0 Å². The monoisotopic (exact) mass is 383 g/mol. The van der Waals surface area contributed by atoms with Crippen LogP contribution in [0.3, 0.4) is 0 Å². The zero-order valence-electron chi connectivity index (χ0n) is 16.0. The Labute approximate surface area is 164 Å². The topological polar surface area (TPSA) is 79.7 Å². The molecular formula is C20H25N5O3. The normalized spacial score (nSPS) is 19.2. The largest absolute Gasteiger partial charge is 0.481 e. The molecule has 3 heterocycles. The van der Waals surface area contributed by atoms with Crippen LogP contribution in [-0.4, -0.2) is 52.9 Å². The van der Waals surface area contributed by atoms with Crippen molar-refractivity contribution in [2.75, 3.05) is 30.4 Å². The smallest absolute Gasteiger partial charge is 0.322 e. The lowest BCUT2D eigenvalue weighted by Gasteiger charge is -2.36. The van der Waals surface area contributed by atoms with Gasteiger partial charge in [0.15, 0.2) is 6.61 Å². The van der Waals surface area contributed by atoms with Crippen LogP contribution in [0.25, 0.3) is 0 Å². The third-order valence-corrected chi connectivity index (χ3v) is 5.44. The number of benzene rings is 1. The summed E-state index contributed by atoms with van der Waals surface area (Å²) in [7, 11) is 1.72. The van der Waals surface area contributed by atoms with Gasteiger partial charge in [0.05, 0.1) is 5.69 Å². The molecule has 0 saturated carbocycles. The zero-order valence-corrected chi connectivity index (χ0v) is 16.0. The zero-order chi connectivity index (χ0) is 19.5. The number of amides is 3. The van der Waals surface area contributed by atoms with Crippen LogP contribution in [0.1, 0.15) is 25.7 Å². The summed E-state index contributed by atoms with van der Waals surface area (Å²) in [5, 5.41) is 7.24. The van der Waals surface area contributed by atoms with Gasteiger partial charge in [0, 0.05) is 50.3 Å². The Balaban J connectivity index is 1.42. The van der Waals surface area contributed by atoms with E-state index >= 15 is 0 Å². The Bertz CT molecular complexity index is 852. The molecule has 0 spiro atoms. The molecule has 1 fully saturated rings. The SMILES string of the molecule is CN1C(=O)COc2cc(NC(=O)N3CCCC[C@H]3CCn3cccn3)ccc21. The maximum absolute atomic E-state index is 12.9. The van der Waals surface area contributed by atoms with Crippen LogP contribution in [0.15, 0.2) is 36.7 Å². The number of aromatic nitrogens is 2. The number of nitrogens with zero attached hydrogens (tertiary/aromatic N) is 4. The number of carbonyl (C=O) groups is 2. The Morgan fingerprint density at radius 2 is 2.25 bits per heavy atom. The van der Waals surface area contributed by atoms with E-state index in [-0.39, 0.29) is 24.6 Å². The van der Waals surface area contributed by atoms with Crippen LogP contribution in [0.5, 0.6) is 5.75 Å². The molecule has 2 aromatic rings. The van der Waals surface area contributed by atoms with Gasteiger partial charge in [0.1, 0.15) is 5.75 Å². The van der Waals surface area contributed by atoms with Gasteiger partial charge in [0.2, 0.25) is 0 Å². The van der Waals surface area contributed by atoms with E-state index in [9.17, 15) is 9.59 Å². The molecule has 1 aromatic heterocycles. The standard InChI is InChI=1S/C20H25N5O3/c1-23-17-7-6-15(13-18(17)28-14-19(23)26)22-20(27)25-11-3-2-5-16(25)8-12-24-10-4-9-21-24/h4,6-7,9-10,13,16H,2-3,5,8,11-12,14H2,1H3,(H,22,27)/t16-/m0/s1. The molecule has 1 N–H and O–H groups in total. The number of ether oxygens (including phenoxy) is 1. The molecule has 0 bridgehead atoms. The van der Waals surface area contributed by atoms with Crippen LogP contribution in [0, 0.1) is 0 Å². The highest BCUT2D eigenvalue weighted by molar-refractivity contribution is 5.98. The van der Waals surface area contributed by atoms with E-state index in [0.29, 0.717) is 17.1 Å². The number of anilines is 2. The lowest BCUT2D eigenvalue weighted by Crippen LogP contribution is -2.46. The minimum atomic E-state index is -0.0923. The quantitative estimate of drug-likeness (QED) is 0.880. The van der Waals surface area contributed by atoms with Crippen molar-refractivity contribution in [2.24, 2.45) is 0 Å². The number of urea groups is 1. The number of hydrogen-bond donors (Lipinski definition) is 1. The summed E-state index contributed by atoms with van der Waals surface area (Å²) in [5.74, 6) is 0.520. The van der Waals surface area contributed by atoms with Gasteiger partial charge < -0.3 is 19.9 Å². The van der Waals surface area contributed by atoms with E-state index in [1.165, 1.54) is 0 Å². The molecule has 1 atom stereocenters. The molecular weight excluding hydrogens is 358 g/mol. The number of piperidine rings is 1. The number of fused-ring (bicyclic) bond motifs is 1. The van der Waals surface area contributed by atoms with E-state index in [0.717, 1.165) is 38.8 Å². The Morgan fingerprint density at radius 1 is 1.36 bits per heavy atom. The highest BCUT2D eigenvalue weighted by Gasteiger charge is 2.27. The molecule has 2 aliphatic heterocycles. The van der Waals surface area contributed by atoms with E-state index < -0.39 is 0 Å². The number of nitrogens with one attached hydrogen (secondary N) is 1. The molecule has 2 aliphatic rings. The van der Waals surface area contributed by atoms with E-state index in [4.69, 9.17) is 4.74 Å². The Kier molecular flexibility index (Phi) is 5.18. The lowest BCUT2D eigenvalue weighted by atomic mass is 10.00. The van der Waals surface area contributed by atoms with Crippen molar-refractivity contribution in [1.82, 2.24) is 14.7 Å². The summed E-state index contributed by atoms with van der Waals surface area (Å²) < 4.78 is 7.42. The minimum absolute atomic E-state index is 0.0164. The molecule has 28 heavy (non-hydrogen) atoms. The second kappa shape index (κ2) is 7.92. The van der Waals surface area contributed by atoms with E-state index in [2.05, 4.69) is 10.4 Å². The van der Waals surface area contributed by atoms with Crippen molar-refractivity contribution in [3.63, 3.8) is 0 Å². The van der Waals surface area contributed by atoms with Crippen molar-refractivity contribution in [3.8, 4) is 5.75 Å². The number of likely N-dealkylation sites (tertiary alicyclic amines) is 1. The average molecular weight is 383 g/mol. The highest BCUT2D eigenvalue weighted by atomic mass is 16.5. The summed E-state index contributed by atoms with van der Waals surface area (Å²) in [6.45, 7) is 1.57. The summed E-state index contributed by atoms with van der Waals surface area (Å²) in [6.07, 6.45) is 7.77. The molecule has 0 aliphatic carbocycles. The molecule has 1 aromatic carbocycles. The first-order valence-corrected chi connectivity index (χ1v) is 9.70. The maximum Gasteiger partial charge on any atom is 0.322 e. The lowest BCUT2D eigenvalue weighted by molar-refractivity contribution is -0.120. The summed E-state index contributed by atoms with van der Waals surface area (Å²) >= 11 is 0. The summed E-state index contributed by atoms with van der Waals surface area (Å²) in [5.41, 5.74) is 1.38. The van der Waals surface area contributed by atoms with Gasteiger partial charge in [0.25, 0.3) is 5.91 Å². The van der Waals surface area contributed by atoms with Crippen LogP contribution in [-0.2, 0) is 11.3 Å². The van der Waals surface area contributed by atoms with Crippen molar-refractivity contribution in [2.45, 2.75) is 38.3 Å². The highest BCUT2D eigenvalue weighted by Crippen LogP contribution is 2.34. The van der Waals surface area contributed by atoms with E-state index in [1.807, 2.05) is 21.8 Å². The van der Waals surface area contributed by atoms with Crippen LogP contribution < -0.4 is 15.0 Å². The van der Waals surface area contributed by atoms with Crippen LogP contribution in [0.2, 0.25) is 0 Å². The second-order valence-corrected chi connectivity index (χ2v) is 7.25. The number of rotatable bonds is 4. The molecule has 148 valence electrons. The van der Waals surface area contributed by atoms with Crippen molar-refractivity contribution in [1.29, 1.82) is 0 Å². The molecule has 8 nitrogen and oxygen atoms in total. The summed E-state index contributed by atoms with van der Waals surface area (Å²) in [6, 6.07) is 7.40. The molecule has 0 unspecified atom stereocenters. The van der Waals surface area contributed by atoms with Gasteiger partial charge in [-0.05, 0) is 43.9 Å². The first-order valence-electron chi connectivity index (χ1n) is 9.70. The third-order valence-electron chi connectivity index (χ3n) is 5.44. The van der Waals surface area contributed by atoms with Crippen LogP contribution >= 0.6 is 0 Å². The number of aryl methyl sites for hydroxylation is 1. The van der Waals surface area contributed by atoms with Gasteiger partial charge in [-0.25, -0.2) is 4.79 Å². The van der Waals surface area contributed by atoms with Crippen LogP contribution in [0.4, 0.5) is 16.2 Å². The minimum Gasteiger partial charge on any atom is -0.481 e. The predicted octanol–water partition coefficient (Wildman–Crippen LogP) is 2.72. The fourth-order valence-electron chi connectivity index (χ4n) is 3.83. The molecule has 1 saturated heterocycles. The van der Waals surface area contributed by atoms with Crippen molar-refractivity contribution in [3.05, 3.63) is 36.7 Å². The first kappa shape index (κ1) is 18.3. The fourth-order valence-corrected chi connectivity index (χ4v) is 3.83. The molecule has 4 rings (SSSR count). The average Bonchev–Trinajstić information content (AvgIpc) is 3.23. The van der Waals surface area contributed by atoms with Gasteiger partial charge in [-0.15, -0.1) is 0 Å².